The molecule has 2 aromatic carbocycles. The van der Waals surface area contributed by atoms with Crippen molar-refractivity contribution in [3.63, 3.8) is 0 Å². The van der Waals surface area contributed by atoms with Crippen molar-refractivity contribution >= 4 is 57.8 Å². The SMILES string of the molecule is C=C(NC1C=C(n2nc(Nc3ccc(N)c(C=N)c3Cl)c3ccccc32)C=CN1)/C(C=N)=C/C. The van der Waals surface area contributed by atoms with Crippen molar-refractivity contribution in [2.24, 2.45) is 0 Å². The van der Waals surface area contributed by atoms with Gasteiger partial charge in [0.2, 0.25) is 0 Å². The maximum atomic E-state index is 7.60. The quantitative estimate of drug-likeness (QED) is 0.156. The third-order valence-corrected chi connectivity index (χ3v) is 5.86. The lowest BCUT2D eigenvalue weighted by molar-refractivity contribution is 0.614. The zero-order valence-electron chi connectivity index (χ0n) is 18.6. The molecule has 1 aromatic heterocycles. The van der Waals surface area contributed by atoms with Gasteiger partial charge in [-0.25, -0.2) is 4.68 Å². The van der Waals surface area contributed by atoms with E-state index < -0.39 is 0 Å². The van der Waals surface area contributed by atoms with Crippen LogP contribution in [-0.2, 0) is 0 Å². The molecular weight excluding hydrogens is 448 g/mol. The van der Waals surface area contributed by atoms with Crippen LogP contribution in [0.15, 0.2) is 78.7 Å². The third-order valence-electron chi connectivity index (χ3n) is 5.45. The molecule has 0 saturated carbocycles. The smallest absolute Gasteiger partial charge is 0.160 e. The number of nitrogens with zero attached hydrogens (tertiary/aromatic N) is 2. The van der Waals surface area contributed by atoms with E-state index in [-0.39, 0.29) is 6.17 Å². The summed E-state index contributed by atoms with van der Waals surface area (Å²) in [6.07, 6.45) is 9.78. The van der Waals surface area contributed by atoms with E-state index in [1.807, 2.05) is 60.3 Å². The second kappa shape index (κ2) is 9.68. The first-order valence-corrected chi connectivity index (χ1v) is 10.9. The lowest BCUT2D eigenvalue weighted by atomic mass is 10.1. The van der Waals surface area contributed by atoms with E-state index in [2.05, 4.69) is 22.5 Å². The number of benzene rings is 2. The van der Waals surface area contributed by atoms with Crippen LogP contribution in [0, 0.1) is 10.8 Å². The summed E-state index contributed by atoms with van der Waals surface area (Å²) in [5.74, 6) is 0.625. The van der Waals surface area contributed by atoms with Crippen LogP contribution in [0.5, 0.6) is 0 Å². The molecule has 0 bridgehead atoms. The maximum Gasteiger partial charge on any atom is 0.160 e. The standard InChI is InChI=1S/C25H25ClN8/c1-3-16(13-27)15(2)31-23-12-17(10-11-30-23)34-22-7-5-4-6-18(22)25(33-34)32-21-9-8-20(29)19(14-28)24(21)26/h3-14,23,27-28,30-31H,2,29H2,1H3,(H,32,33)/b16-3+,27-13?,28-14?. The summed E-state index contributed by atoms with van der Waals surface area (Å²) in [5.41, 5.74) is 10.6. The predicted molar refractivity (Wildman–Crippen MR) is 142 cm³/mol. The Bertz CT molecular complexity index is 1380. The molecule has 1 atom stereocenters. The van der Waals surface area contributed by atoms with E-state index in [0.717, 1.165) is 22.8 Å². The Kier molecular flexibility index (Phi) is 6.51. The highest BCUT2D eigenvalue weighted by Crippen LogP contribution is 2.34. The number of fused-ring (bicyclic) bond motifs is 1. The molecule has 1 aliphatic heterocycles. The molecule has 1 unspecified atom stereocenters. The molecule has 3 aromatic rings. The van der Waals surface area contributed by atoms with E-state index in [9.17, 15) is 0 Å². The fourth-order valence-electron chi connectivity index (χ4n) is 3.69. The highest BCUT2D eigenvalue weighted by Gasteiger charge is 2.18. The highest BCUT2D eigenvalue weighted by molar-refractivity contribution is 6.36. The zero-order valence-corrected chi connectivity index (χ0v) is 19.3. The fourth-order valence-corrected chi connectivity index (χ4v) is 3.96. The topological polar surface area (TPSA) is 128 Å². The Balaban J connectivity index is 1.71. The van der Waals surface area contributed by atoms with Gasteiger partial charge in [0.15, 0.2) is 5.82 Å². The Labute approximate surface area is 202 Å². The highest BCUT2D eigenvalue weighted by atomic mass is 35.5. The van der Waals surface area contributed by atoms with Crippen LogP contribution in [0.3, 0.4) is 0 Å². The van der Waals surface area contributed by atoms with Gasteiger partial charge in [-0.2, -0.15) is 0 Å². The van der Waals surface area contributed by atoms with Gasteiger partial charge in [-0.3, -0.25) is 0 Å². The van der Waals surface area contributed by atoms with Crippen molar-refractivity contribution in [1.82, 2.24) is 20.4 Å². The monoisotopic (exact) mass is 472 g/mol. The molecule has 34 heavy (non-hydrogen) atoms. The molecule has 172 valence electrons. The van der Waals surface area contributed by atoms with Gasteiger partial charge in [-0.1, -0.05) is 36.4 Å². The lowest BCUT2D eigenvalue weighted by Gasteiger charge is -2.23. The number of hydrogen-bond donors (Lipinski definition) is 6. The minimum Gasteiger partial charge on any atom is -0.398 e. The first-order valence-electron chi connectivity index (χ1n) is 10.6. The molecule has 4 rings (SSSR count). The summed E-state index contributed by atoms with van der Waals surface area (Å²) < 4.78 is 1.85. The molecule has 0 radical (unpaired) electrons. The molecule has 1 aliphatic rings. The molecule has 2 heterocycles. The third kappa shape index (κ3) is 4.31. The summed E-state index contributed by atoms with van der Waals surface area (Å²) in [4.78, 5) is 0. The summed E-state index contributed by atoms with van der Waals surface area (Å²) in [6.45, 7) is 5.89. The Morgan fingerprint density at radius 2 is 2.06 bits per heavy atom. The van der Waals surface area contributed by atoms with Crippen LogP contribution >= 0.6 is 11.6 Å². The molecule has 9 heteroatoms. The van der Waals surface area contributed by atoms with E-state index in [4.69, 9.17) is 33.3 Å². The van der Waals surface area contributed by atoms with Crippen molar-refractivity contribution in [3.8, 4) is 0 Å². The number of para-hydroxylation sites is 1. The number of allylic oxidation sites excluding steroid dienone is 4. The van der Waals surface area contributed by atoms with E-state index in [1.165, 1.54) is 6.21 Å². The van der Waals surface area contributed by atoms with Gasteiger partial charge in [0, 0.05) is 46.5 Å². The number of nitrogen functional groups attached to an aromatic ring is 1. The van der Waals surface area contributed by atoms with Crippen molar-refractivity contribution in [2.75, 3.05) is 11.1 Å². The van der Waals surface area contributed by atoms with Crippen LogP contribution in [0.25, 0.3) is 16.6 Å². The minimum atomic E-state index is -0.233. The normalized spacial score (nSPS) is 15.4. The van der Waals surface area contributed by atoms with Gasteiger partial charge in [-0.15, -0.1) is 5.10 Å². The second-order valence-corrected chi connectivity index (χ2v) is 7.94. The van der Waals surface area contributed by atoms with E-state index >= 15 is 0 Å². The largest absolute Gasteiger partial charge is 0.398 e. The number of nitrogens with one attached hydrogen (secondary N) is 5. The number of nitrogens with two attached hydrogens (primary N) is 1. The molecule has 0 spiro atoms. The predicted octanol–water partition coefficient (Wildman–Crippen LogP) is 5.00. The zero-order chi connectivity index (χ0) is 24.2. The van der Waals surface area contributed by atoms with E-state index in [1.54, 1.807) is 12.1 Å². The number of dihydropyridines is 1. The van der Waals surface area contributed by atoms with Crippen molar-refractivity contribution < 1.29 is 0 Å². The minimum absolute atomic E-state index is 0.233. The Morgan fingerprint density at radius 3 is 2.79 bits per heavy atom. The Hall–Kier alpha value is -4.30. The van der Waals surface area contributed by atoms with Crippen LogP contribution in [0.4, 0.5) is 17.2 Å². The second-order valence-electron chi connectivity index (χ2n) is 7.56. The molecule has 0 aliphatic carbocycles. The summed E-state index contributed by atoms with van der Waals surface area (Å²) in [6, 6.07) is 11.4. The number of rotatable bonds is 8. The van der Waals surface area contributed by atoms with Gasteiger partial charge in [0.05, 0.1) is 21.9 Å². The molecule has 7 N–H and O–H groups in total. The summed E-state index contributed by atoms with van der Waals surface area (Å²) in [5, 5.41) is 31.0. The maximum absolute atomic E-state index is 7.60. The number of aromatic nitrogens is 2. The molecule has 0 fully saturated rings. The fraction of sp³-hybridized carbons (Fsp3) is 0.0800. The average Bonchev–Trinajstić information content (AvgIpc) is 3.21. The van der Waals surface area contributed by atoms with Crippen LogP contribution < -0.4 is 21.7 Å². The van der Waals surface area contributed by atoms with Crippen molar-refractivity contribution in [1.29, 1.82) is 10.8 Å². The first kappa shape index (κ1) is 22.9. The van der Waals surface area contributed by atoms with Gasteiger partial charge < -0.3 is 32.5 Å². The summed E-state index contributed by atoms with van der Waals surface area (Å²) >= 11 is 6.49. The van der Waals surface area contributed by atoms with Crippen LogP contribution in [0.1, 0.15) is 12.5 Å². The van der Waals surface area contributed by atoms with Gasteiger partial charge in [-0.05, 0) is 43.3 Å². The van der Waals surface area contributed by atoms with Crippen LogP contribution in [-0.4, -0.2) is 28.4 Å². The van der Waals surface area contributed by atoms with Gasteiger partial charge in [0.25, 0.3) is 0 Å². The number of anilines is 3. The number of halogens is 1. The molecule has 8 nitrogen and oxygen atoms in total. The molecule has 0 saturated heterocycles. The lowest BCUT2D eigenvalue weighted by Crippen LogP contribution is -2.39. The molecular formula is C25H25ClN8. The van der Waals surface area contributed by atoms with Crippen molar-refractivity contribution in [2.45, 2.75) is 13.1 Å². The molecule has 0 amide bonds. The average molecular weight is 473 g/mol. The van der Waals surface area contributed by atoms with Gasteiger partial charge >= 0.3 is 0 Å². The number of hydrogen-bond acceptors (Lipinski definition) is 7. The Morgan fingerprint density at radius 1 is 1.26 bits per heavy atom. The van der Waals surface area contributed by atoms with E-state index in [0.29, 0.717) is 39.0 Å². The van der Waals surface area contributed by atoms with Gasteiger partial charge in [0.1, 0.15) is 6.17 Å². The first-order chi connectivity index (χ1) is 16.5. The van der Waals surface area contributed by atoms with Crippen LogP contribution in [0.2, 0.25) is 5.02 Å². The summed E-state index contributed by atoms with van der Waals surface area (Å²) in [7, 11) is 0. The van der Waals surface area contributed by atoms with Crippen molar-refractivity contribution in [3.05, 3.63) is 89.3 Å².